The maximum Gasteiger partial charge on any atom is 4.00 e. The second-order valence-electron chi connectivity index (χ2n) is 7.11. The second-order valence-corrected chi connectivity index (χ2v) is 7.11. The predicted molar refractivity (Wildman–Crippen MR) is 90.2 cm³/mol. The van der Waals surface area contributed by atoms with Crippen molar-refractivity contribution in [1.82, 2.24) is 50.0 Å². The molecule has 2 aromatic heterocycles. The Hall–Kier alpha value is -1.19. The number of fused-ring (bicyclic) bond motifs is 8. The Morgan fingerprint density at radius 1 is 0.556 bits per heavy atom. The standard InChI is InChI=1S/C16H22N10.Pt/c1-3-23-7-13-17-15(21-19-13)9-25-5-2-6-26(12-25)10-16-18-14(20-22-16)8-24(4-1)11-23;/h11-12H,1-10H2;/q-4;+4. The molecular formula is C16H22N10Pt. The van der Waals surface area contributed by atoms with Crippen LogP contribution in [0.25, 0.3) is 0 Å². The van der Waals surface area contributed by atoms with Crippen molar-refractivity contribution >= 4 is 0 Å². The molecule has 27 heavy (non-hydrogen) atoms. The number of hydrogen-bond acceptors (Lipinski definition) is 8. The van der Waals surface area contributed by atoms with E-state index in [1.165, 1.54) is 0 Å². The first-order valence-corrected chi connectivity index (χ1v) is 9.17. The summed E-state index contributed by atoms with van der Waals surface area (Å²) in [5.41, 5.74) is 0. The molecule has 3 aliphatic heterocycles. The molecule has 5 rings (SSSR count). The third kappa shape index (κ3) is 4.63. The van der Waals surface area contributed by atoms with Gasteiger partial charge in [-0.15, -0.1) is 0 Å². The zero-order chi connectivity index (χ0) is 17.3. The van der Waals surface area contributed by atoms with Crippen LogP contribution in [-0.2, 0) is 47.2 Å². The van der Waals surface area contributed by atoms with E-state index >= 15 is 0 Å². The molecule has 0 amide bonds. The normalized spacial score (nSPS) is 31.1. The maximum atomic E-state index is 4.63. The van der Waals surface area contributed by atoms with Crippen LogP contribution < -0.4 is 9.97 Å². The molecule has 0 radical (unpaired) electrons. The summed E-state index contributed by atoms with van der Waals surface area (Å²) >= 11 is 0. The zero-order valence-electron chi connectivity index (χ0n) is 15.0. The Labute approximate surface area is 173 Å². The zero-order valence-corrected chi connectivity index (χ0v) is 17.3. The molecule has 3 aliphatic rings. The van der Waals surface area contributed by atoms with E-state index in [4.69, 9.17) is 0 Å². The average molecular weight is 550 g/mol. The smallest absolute Gasteiger partial charge is 0.439 e. The van der Waals surface area contributed by atoms with E-state index in [2.05, 4.69) is 63.3 Å². The summed E-state index contributed by atoms with van der Waals surface area (Å²) in [5.74, 6) is 3.14. The van der Waals surface area contributed by atoms with E-state index in [1.807, 2.05) is 0 Å². The summed E-state index contributed by atoms with van der Waals surface area (Å²) in [6.45, 7) is 11.0. The Balaban J connectivity index is 0.00000180. The molecule has 4 unspecified atom stereocenters. The van der Waals surface area contributed by atoms with Gasteiger partial charge in [0.1, 0.15) is 0 Å². The first-order valence-electron chi connectivity index (χ1n) is 9.17. The van der Waals surface area contributed by atoms with Gasteiger partial charge in [-0.3, -0.25) is 0 Å². The Kier molecular flexibility index (Phi) is 5.99. The largest absolute Gasteiger partial charge is 4.00 e. The third-order valence-electron chi connectivity index (χ3n) is 4.89. The topological polar surface area (TPSA) is 92.7 Å². The molecule has 11 heteroatoms. The van der Waals surface area contributed by atoms with Crippen LogP contribution in [-0.4, -0.2) is 66.2 Å². The fourth-order valence-corrected chi connectivity index (χ4v) is 3.74. The van der Waals surface area contributed by atoms with Gasteiger partial charge in [0, 0.05) is 49.5 Å². The number of rotatable bonds is 0. The van der Waals surface area contributed by atoms with Crippen LogP contribution in [0.4, 0.5) is 0 Å². The van der Waals surface area contributed by atoms with Gasteiger partial charge < -0.3 is 50.0 Å². The quantitative estimate of drug-likeness (QED) is 0.387. The van der Waals surface area contributed by atoms with E-state index in [-0.39, 0.29) is 21.1 Å². The average Bonchev–Trinajstić information content (AvgIpc) is 3.24. The molecule has 2 saturated heterocycles. The molecule has 0 aliphatic carbocycles. The van der Waals surface area contributed by atoms with Gasteiger partial charge in [-0.1, -0.05) is 0 Å². The van der Waals surface area contributed by atoms with Crippen LogP contribution >= 0.6 is 0 Å². The minimum absolute atomic E-state index is 0. The summed E-state index contributed by atoms with van der Waals surface area (Å²) in [7, 11) is 0. The Morgan fingerprint density at radius 2 is 0.852 bits per heavy atom. The number of hydrogen-bond donors (Lipinski definition) is 0. The molecule has 10 nitrogen and oxygen atoms in total. The summed E-state index contributed by atoms with van der Waals surface area (Å²) in [6, 6.07) is 0. The molecule has 8 bridgehead atoms. The van der Waals surface area contributed by atoms with Gasteiger partial charge >= 0.3 is 21.1 Å². The summed E-state index contributed by atoms with van der Waals surface area (Å²) in [6.07, 6.45) is 2.18. The van der Waals surface area contributed by atoms with E-state index in [1.54, 1.807) is 0 Å². The van der Waals surface area contributed by atoms with Crippen LogP contribution in [0.1, 0.15) is 36.1 Å². The van der Waals surface area contributed by atoms with Crippen LogP contribution in [0.15, 0.2) is 0 Å². The van der Waals surface area contributed by atoms with Crippen molar-refractivity contribution in [2.45, 2.75) is 39.0 Å². The number of aromatic nitrogens is 6. The van der Waals surface area contributed by atoms with Crippen molar-refractivity contribution in [3.8, 4) is 0 Å². The molecule has 0 spiro atoms. The van der Waals surface area contributed by atoms with Crippen LogP contribution in [0.2, 0.25) is 0 Å². The fraction of sp³-hybridized carbons (Fsp3) is 0.625. The molecule has 5 heterocycles. The summed E-state index contributed by atoms with van der Waals surface area (Å²) < 4.78 is 0. The van der Waals surface area contributed by atoms with E-state index in [0.717, 1.165) is 62.3 Å². The van der Waals surface area contributed by atoms with Crippen molar-refractivity contribution in [3.05, 3.63) is 36.6 Å². The molecular weight excluding hydrogens is 527 g/mol. The first-order chi connectivity index (χ1) is 12.8. The molecule has 0 N–H and O–H groups in total. The van der Waals surface area contributed by atoms with Crippen molar-refractivity contribution in [1.29, 1.82) is 0 Å². The predicted octanol–water partition coefficient (Wildman–Crippen LogP) is -0.854. The summed E-state index contributed by atoms with van der Waals surface area (Å²) in [4.78, 5) is 18.2. The Bertz CT molecular complexity index is 630. The minimum atomic E-state index is 0. The monoisotopic (exact) mass is 549 g/mol. The molecule has 146 valence electrons. The second kappa shape index (κ2) is 8.44. The van der Waals surface area contributed by atoms with Crippen molar-refractivity contribution < 1.29 is 21.1 Å². The third-order valence-corrected chi connectivity index (χ3v) is 4.89. The van der Waals surface area contributed by atoms with Gasteiger partial charge in [0.2, 0.25) is 0 Å². The van der Waals surface area contributed by atoms with Gasteiger partial charge in [-0.2, -0.15) is 0 Å². The van der Waals surface area contributed by atoms with Crippen LogP contribution in [0.5, 0.6) is 0 Å². The van der Waals surface area contributed by atoms with Crippen molar-refractivity contribution in [2.75, 3.05) is 26.2 Å². The number of nitrogens with zero attached hydrogens (tertiary/aromatic N) is 10. The van der Waals surface area contributed by atoms with E-state index in [0.29, 0.717) is 26.2 Å². The summed E-state index contributed by atoms with van der Waals surface area (Å²) in [5, 5.41) is 17.1. The van der Waals surface area contributed by atoms with Crippen LogP contribution in [0.3, 0.4) is 0 Å². The van der Waals surface area contributed by atoms with Gasteiger partial charge in [0.15, 0.2) is 0 Å². The van der Waals surface area contributed by atoms with Crippen molar-refractivity contribution in [3.63, 3.8) is 0 Å². The SMILES string of the molecule is [CH-]1N2CCCN1Cc1nnc([n-]1)CN1[CH-]N(CCC1)Cc1nnc([n-]1)C2.[Pt+4]. The molecule has 2 fully saturated rings. The minimum Gasteiger partial charge on any atom is -0.439 e. The van der Waals surface area contributed by atoms with E-state index < -0.39 is 0 Å². The first kappa shape index (κ1) is 19.1. The Morgan fingerprint density at radius 3 is 1.15 bits per heavy atom. The molecule has 4 atom stereocenters. The van der Waals surface area contributed by atoms with E-state index in [9.17, 15) is 0 Å². The van der Waals surface area contributed by atoms with Gasteiger partial charge in [-0.05, 0) is 39.0 Å². The van der Waals surface area contributed by atoms with Crippen molar-refractivity contribution in [2.24, 2.45) is 0 Å². The fourth-order valence-electron chi connectivity index (χ4n) is 3.74. The maximum absolute atomic E-state index is 4.63. The molecule has 0 aromatic carbocycles. The van der Waals surface area contributed by atoms with Gasteiger partial charge in [-0.25, -0.2) is 13.3 Å². The van der Waals surface area contributed by atoms with Gasteiger partial charge in [0.05, 0.1) is 0 Å². The molecule has 2 aromatic rings. The van der Waals surface area contributed by atoms with Crippen LogP contribution in [0, 0.1) is 13.3 Å². The molecule has 0 saturated carbocycles. The van der Waals surface area contributed by atoms with Gasteiger partial charge in [0.25, 0.3) is 0 Å².